The van der Waals surface area contributed by atoms with Crippen LogP contribution in [0.25, 0.3) is 0 Å². The number of carbonyl (C=O) groups excluding carboxylic acids is 1. The Kier molecular flexibility index (Phi) is 5.01. The van der Waals surface area contributed by atoms with Crippen molar-refractivity contribution in [3.05, 3.63) is 53.5 Å². The zero-order valence-electron chi connectivity index (χ0n) is 13.5. The van der Waals surface area contributed by atoms with Gasteiger partial charge in [-0.1, -0.05) is 31.4 Å². The van der Waals surface area contributed by atoms with E-state index in [9.17, 15) is 4.79 Å². The zero-order valence-corrected chi connectivity index (χ0v) is 13.5. The number of benzene rings is 1. The molecule has 2 aromatic rings. The molecule has 1 saturated carbocycles. The van der Waals surface area contributed by atoms with E-state index in [1.807, 2.05) is 31.2 Å². The first kappa shape index (κ1) is 15.7. The van der Waals surface area contributed by atoms with Crippen LogP contribution < -0.4 is 10.1 Å². The maximum Gasteiger partial charge on any atom is 0.287 e. The van der Waals surface area contributed by atoms with Gasteiger partial charge in [0.05, 0.1) is 0 Å². The quantitative estimate of drug-likeness (QED) is 0.898. The molecule has 1 aliphatic rings. The molecule has 0 bridgehead atoms. The van der Waals surface area contributed by atoms with Crippen LogP contribution in [0.2, 0.25) is 0 Å². The monoisotopic (exact) mass is 313 g/mol. The second-order valence-corrected chi connectivity index (χ2v) is 6.18. The van der Waals surface area contributed by atoms with Gasteiger partial charge in [0.1, 0.15) is 18.1 Å². The van der Waals surface area contributed by atoms with E-state index in [-0.39, 0.29) is 11.9 Å². The molecule has 122 valence electrons. The lowest BCUT2D eigenvalue weighted by Crippen LogP contribution is -2.35. The van der Waals surface area contributed by atoms with E-state index in [0.717, 1.165) is 24.2 Å². The summed E-state index contributed by atoms with van der Waals surface area (Å²) in [6.45, 7) is 2.34. The van der Waals surface area contributed by atoms with Gasteiger partial charge in [-0.2, -0.15) is 0 Å². The fraction of sp³-hybridized carbons (Fsp3) is 0.421. The summed E-state index contributed by atoms with van der Waals surface area (Å²) in [5.74, 6) is 1.69. The Morgan fingerprint density at radius 3 is 2.83 bits per heavy atom. The molecule has 4 heteroatoms. The number of rotatable bonds is 5. The molecule has 0 radical (unpaired) electrons. The minimum atomic E-state index is -0.126. The van der Waals surface area contributed by atoms with Crippen LogP contribution in [0.15, 0.2) is 40.8 Å². The summed E-state index contributed by atoms with van der Waals surface area (Å²) in [5, 5.41) is 3.06. The van der Waals surface area contributed by atoms with Crippen molar-refractivity contribution in [3.8, 4) is 5.75 Å². The number of nitrogens with one attached hydrogen (secondary N) is 1. The van der Waals surface area contributed by atoms with Crippen LogP contribution in [-0.4, -0.2) is 11.9 Å². The third kappa shape index (κ3) is 4.38. The number of amides is 1. The third-order valence-electron chi connectivity index (χ3n) is 4.20. The van der Waals surface area contributed by atoms with Gasteiger partial charge in [-0.15, -0.1) is 0 Å². The molecular weight excluding hydrogens is 290 g/mol. The number of hydrogen-bond acceptors (Lipinski definition) is 3. The standard InChI is InChI=1S/C19H23NO3/c1-14-6-5-9-16(12-14)22-13-17-10-11-18(23-17)19(21)20-15-7-3-2-4-8-15/h5-6,9-12,15H,2-4,7-8,13H2,1H3,(H,20,21). The average Bonchev–Trinajstić information content (AvgIpc) is 3.03. The fourth-order valence-electron chi connectivity index (χ4n) is 2.94. The third-order valence-corrected chi connectivity index (χ3v) is 4.20. The molecule has 4 nitrogen and oxygen atoms in total. The van der Waals surface area contributed by atoms with Gasteiger partial charge in [-0.25, -0.2) is 0 Å². The topological polar surface area (TPSA) is 51.5 Å². The largest absolute Gasteiger partial charge is 0.486 e. The summed E-state index contributed by atoms with van der Waals surface area (Å²) >= 11 is 0. The van der Waals surface area contributed by atoms with E-state index in [2.05, 4.69) is 5.32 Å². The first-order chi connectivity index (χ1) is 11.2. The summed E-state index contributed by atoms with van der Waals surface area (Å²) in [6, 6.07) is 11.7. The van der Waals surface area contributed by atoms with Crippen molar-refractivity contribution >= 4 is 5.91 Å². The molecule has 0 spiro atoms. The second-order valence-electron chi connectivity index (χ2n) is 6.18. The number of ether oxygens (including phenoxy) is 1. The molecule has 0 unspecified atom stereocenters. The lowest BCUT2D eigenvalue weighted by Gasteiger charge is -2.22. The van der Waals surface area contributed by atoms with Crippen molar-refractivity contribution in [3.63, 3.8) is 0 Å². The summed E-state index contributed by atoms with van der Waals surface area (Å²) in [7, 11) is 0. The molecule has 0 aliphatic heterocycles. The average molecular weight is 313 g/mol. The lowest BCUT2D eigenvalue weighted by molar-refractivity contribution is 0.0895. The minimum Gasteiger partial charge on any atom is -0.486 e. The summed E-state index contributed by atoms with van der Waals surface area (Å²) in [4.78, 5) is 12.2. The van der Waals surface area contributed by atoms with E-state index in [1.165, 1.54) is 19.3 Å². The summed E-state index contributed by atoms with van der Waals surface area (Å²) in [6.07, 6.45) is 5.79. The first-order valence-corrected chi connectivity index (χ1v) is 8.30. The summed E-state index contributed by atoms with van der Waals surface area (Å²) in [5.41, 5.74) is 1.15. The van der Waals surface area contributed by atoms with Crippen LogP contribution in [0, 0.1) is 6.92 Å². The van der Waals surface area contributed by atoms with Crippen LogP contribution in [0.5, 0.6) is 5.75 Å². The van der Waals surface area contributed by atoms with E-state index in [0.29, 0.717) is 18.1 Å². The van der Waals surface area contributed by atoms with Crippen LogP contribution >= 0.6 is 0 Å². The van der Waals surface area contributed by atoms with Crippen LogP contribution in [0.3, 0.4) is 0 Å². The van der Waals surface area contributed by atoms with Gasteiger partial charge in [0.25, 0.3) is 5.91 Å². The van der Waals surface area contributed by atoms with E-state index in [1.54, 1.807) is 12.1 Å². The van der Waals surface area contributed by atoms with Gasteiger partial charge < -0.3 is 14.5 Å². The van der Waals surface area contributed by atoms with Crippen molar-refractivity contribution in [2.75, 3.05) is 0 Å². The highest BCUT2D eigenvalue weighted by Crippen LogP contribution is 2.19. The molecule has 1 heterocycles. The van der Waals surface area contributed by atoms with Crippen LogP contribution in [-0.2, 0) is 6.61 Å². The highest BCUT2D eigenvalue weighted by atomic mass is 16.5. The molecule has 0 saturated heterocycles. The zero-order chi connectivity index (χ0) is 16.1. The van der Waals surface area contributed by atoms with Gasteiger partial charge >= 0.3 is 0 Å². The Bertz CT molecular complexity index is 656. The molecule has 3 rings (SSSR count). The number of hydrogen-bond donors (Lipinski definition) is 1. The van der Waals surface area contributed by atoms with E-state index >= 15 is 0 Å². The van der Waals surface area contributed by atoms with Crippen molar-refractivity contribution in [2.45, 2.75) is 51.7 Å². The van der Waals surface area contributed by atoms with Gasteiger partial charge in [-0.05, 0) is 49.6 Å². The van der Waals surface area contributed by atoms with Crippen LogP contribution in [0.1, 0.15) is 54.0 Å². The predicted octanol–water partition coefficient (Wildman–Crippen LogP) is 4.23. The normalized spacial score (nSPS) is 15.3. The highest BCUT2D eigenvalue weighted by molar-refractivity contribution is 5.91. The minimum absolute atomic E-state index is 0.126. The molecule has 1 aromatic carbocycles. The molecule has 1 aliphatic carbocycles. The SMILES string of the molecule is Cc1cccc(OCc2ccc(C(=O)NC3CCCCC3)o2)c1. The molecule has 1 aromatic heterocycles. The molecular formula is C19H23NO3. The van der Waals surface area contributed by atoms with Gasteiger partial charge in [0.15, 0.2) is 5.76 Å². The van der Waals surface area contributed by atoms with Crippen LogP contribution in [0.4, 0.5) is 0 Å². The Labute approximate surface area is 136 Å². The summed E-state index contributed by atoms with van der Waals surface area (Å²) < 4.78 is 11.3. The van der Waals surface area contributed by atoms with Gasteiger partial charge in [0, 0.05) is 6.04 Å². The molecule has 1 amide bonds. The Hall–Kier alpha value is -2.23. The predicted molar refractivity (Wildman–Crippen MR) is 88.6 cm³/mol. The number of aryl methyl sites for hydroxylation is 1. The van der Waals surface area contributed by atoms with E-state index in [4.69, 9.17) is 9.15 Å². The maximum atomic E-state index is 12.2. The van der Waals surface area contributed by atoms with Gasteiger partial charge in [0.2, 0.25) is 0 Å². The smallest absolute Gasteiger partial charge is 0.287 e. The van der Waals surface area contributed by atoms with E-state index < -0.39 is 0 Å². The molecule has 1 fully saturated rings. The van der Waals surface area contributed by atoms with Gasteiger partial charge in [-0.3, -0.25) is 4.79 Å². The van der Waals surface area contributed by atoms with Crippen molar-refractivity contribution in [1.82, 2.24) is 5.32 Å². The Morgan fingerprint density at radius 2 is 2.04 bits per heavy atom. The van der Waals surface area contributed by atoms with Crippen molar-refractivity contribution in [2.24, 2.45) is 0 Å². The number of carbonyl (C=O) groups is 1. The Morgan fingerprint density at radius 1 is 1.22 bits per heavy atom. The first-order valence-electron chi connectivity index (χ1n) is 8.30. The molecule has 0 atom stereocenters. The fourth-order valence-corrected chi connectivity index (χ4v) is 2.94. The maximum absolute atomic E-state index is 12.2. The van der Waals surface area contributed by atoms with Crippen molar-refractivity contribution in [1.29, 1.82) is 0 Å². The molecule has 23 heavy (non-hydrogen) atoms. The van der Waals surface area contributed by atoms with Crippen molar-refractivity contribution < 1.29 is 13.9 Å². The molecule has 1 N–H and O–H groups in total. The number of furan rings is 1. The second kappa shape index (κ2) is 7.36. The highest BCUT2D eigenvalue weighted by Gasteiger charge is 2.18. The Balaban J connectivity index is 1.53. The lowest BCUT2D eigenvalue weighted by atomic mass is 9.95.